The van der Waals surface area contributed by atoms with Gasteiger partial charge in [-0.3, -0.25) is 9.59 Å². The van der Waals surface area contributed by atoms with Crippen LogP contribution in [0.3, 0.4) is 0 Å². The van der Waals surface area contributed by atoms with Gasteiger partial charge in [-0.05, 0) is 72.4 Å². The zero-order chi connectivity index (χ0) is 23.4. The van der Waals surface area contributed by atoms with Gasteiger partial charge in [0, 0.05) is 16.5 Å². The minimum Gasteiger partial charge on any atom is -0.480 e. The van der Waals surface area contributed by atoms with Gasteiger partial charge in [0.05, 0.1) is 0 Å². The number of carboxylic acid groups (broad SMARTS) is 1. The molecule has 0 unspecified atom stereocenters. The lowest BCUT2D eigenvalue weighted by Crippen LogP contribution is -2.35. The number of nitrogens with zero attached hydrogens (tertiary/aromatic N) is 1. The Hall–Kier alpha value is -1.37. The third-order valence-corrected chi connectivity index (χ3v) is 6.34. The number of benzene rings is 1. The summed E-state index contributed by atoms with van der Waals surface area (Å²) in [4.78, 5) is 25.2. The van der Waals surface area contributed by atoms with Crippen LogP contribution in [0.1, 0.15) is 102 Å². The van der Waals surface area contributed by atoms with E-state index in [1.54, 1.807) is 0 Å². The van der Waals surface area contributed by atoms with Crippen LogP contribution in [-0.2, 0) is 16.1 Å². The lowest BCUT2D eigenvalue weighted by molar-refractivity contribution is -0.145. The van der Waals surface area contributed by atoms with Gasteiger partial charge in [0.25, 0.3) is 0 Å². The fourth-order valence-corrected chi connectivity index (χ4v) is 4.07. The van der Waals surface area contributed by atoms with Crippen LogP contribution in [0.5, 0.6) is 0 Å². The van der Waals surface area contributed by atoms with E-state index in [9.17, 15) is 9.59 Å². The van der Waals surface area contributed by atoms with Gasteiger partial charge < -0.3 is 10.0 Å². The van der Waals surface area contributed by atoms with Crippen molar-refractivity contribution in [1.82, 2.24) is 4.90 Å². The van der Waals surface area contributed by atoms with Crippen LogP contribution >= 0.6 is 22.6 Å². The Morgan fingerprint density at radius 3 is 1.94 bits per heavy atom. The summed E-state index contributed by atoms with van der Waals surface area (Å²) in [5.41, 5.74) is 0.963. The molecule has 32 heavy (non-hydrogen) atoms. The molecule has 0 spiro atoms. The molecule has 0 fully saturated rings. The van der Waals surface area contributed by atoms with E-state index in [1.807, 2.05) is 24.3 Å². The number of unbranched alkanes of at least 4 members (excludes halogenated alkanes) is 11. The number of aliphatic carboxylic acids is 1. The molecule has 0 heterocycles. The summed E-state index contributed by atoms with van der Waals surface area (Å²) in [7, 11) is 0. The molecule has 1 amide bonds. The first kappa shape index (κ1) is 28.7. The lowest BCUT2D eigenvalue weighted by atomic mass is 10.1. The van der Waals surface area contributed by atoms with Gasteiger partial charge in [0.15, 0.2) is 0 Å². The molecule has 0 aliphatic heterocycles. The highest BCUT2D eigenvalue weighted by Crippen LogP contribution is 2.13. The molecule has 4 nitrogen and oxygen atoms in total. The van der Waals surface area contributed by atoms with Crippen LogP contribution in [0.15, 0.2) is 36.4 Å². The summed E-state index contributed by atoms with van der Waals surface area (Å²) in [6.07, 6.45) is 21.0. The number of allylic oxidation sites excluding steroid dienone is 2. The Morgan fingerprint density at radius 1 is 0.844 bits per heavy atom. The van der Waals surface area contributed by atoms with E-state index in [4.69, 9.17) is 5.11 Å². The van der Waals surface area contributed by atoms with E-state index in [-0.39, 0.29) is 12.5 Å². The molecule has 0 saturated heterocycles. The molecule has 0 saturated carbocycles. The first-order valence-electron chi connectivity index (χ1n) is 12.4. The number of carbonyl (C=O) groups excluding carboxylic acids is 1. The number of hydrogen-bond donors (Lipinski definition) is 1. The highest BCUT2D eigenvalue weighted by Gasteiger charge is 2.16. The molecule has 1 N–H and O–H groups in total. The number of carbonyl (C=O) groups is 2. The van der Waals surface area contributed by atoms with Crippen molar-refractivity contribution in [3.63, 3.8) is 0 Å². The predicted octanol–water partition coefficient (Wildman–Crippen LogP) is 7.74. The van der Waals surface area contributed by atoms with Crippen LogP contribution in [0.4, 0.5) is 0 Å². The van der Waals surface area contributed by atoms with E-state index in [0.717, 1.165) is 34.8 Å². The summed E-state index contributed by atoms with van der Waals surface area (Å²) < 4.78 is 1.12. The molecule has 180 valence electrons. The summed E-state index contributed by atoms with van der Waals surface area (Å²) in [6.45, 7) is 2.37. The Balaban J connectivity index is 2.10. The molecule has 1 aromatic carbocycles. The van der Waals surface area contributed by atoms with Gasteiger partial charge in [0.2, 0.25) is 5.91 Å². The molecule has 0 atom stereocenters. The maximum atomic E-state index is 12.5. The molecule has 0 aliphatic carbocycles. The van der Waals surface area contributed by atoms with Crippen molar-refractivity contribution in [1.29, 1.82) is 0 Å². The summed E-state index contributed by atoms with van der Waals surface area (Å²) in [6, 6.07) is 7.85. The normalized spacial score (nSPS) is 11.2. The van der Waals surface area contributed by atoms with Gasteiger partial charge in [-0.1, -0.05) is 82.6 Å². The maximum absolute atomic E-state index is 12.5. The zero-order valence-corrected chi connectivity index (χ0v) is 22.0. The third kappa shape index (κ3) is 15.4. The smallest absolute Gasteiger partial charge is 0.323 e. The number of carboxylic acids is 1. The Bertz CT molecular complexity index is 657. The zero-order valence-electron chi connectivity index (χ0n) is 19.9. The predicted molar refractivity (Wildman–Crippen MR) is 142 cm³/mol. The van der Waals surface area contributed by atoms with Crippen molar-refractivity contribution >= 4 is 34.5 Å². The number of halogens is 1. The average molecular weight is 556 g/mol. The maximum Gasteiger partial charge on any atom is 0.323 e. The number of rotatable bonds is 19. The first-order chi connectivity index (χ1) is 15.5. The van der Waals surface area contributed by atoms with E-state index < -0.39 is 5.97 Å². The third-order valence-electron chi connectivity index (χ3n) is 5.62. The fraction of sp³-hybridized carbons (Fsp3) is 0.630. The second-order valence-corrected chi connectivity index (χ2v) is 9.85. The second-order valence-electron chi connectivity index (χ2n) is 8.60. The van der Waals surface area contributed by atoms with Crippen molar-refractivity contribution in [2.75, 3.05) is 6.54 Å². The summed E-state index contributed by atoms with van der Waals surface area (Å²) in [5, 5.41) is 9.16. The quantitative estimate of drug-likeness (QED) is 0.108. The highest BCUT2D eigenvalue weighted by molar-refractivity contribution is 14.1. The molecule has 1 rings (SSSR count). The van der Waals surface area contributed by atoms with Gasteiger partial charge >= 0.3 is 5.97 Å². The Morgan fingerprint density at radius 2 is 1.38 bits per heavy atom. The SMILES string of the molecule is CCCCCCCCC=CCCCCCCCC(=O)N(CC(=O)O)Cc1ccc(I)cc1. The minimum atomic E-state index is -0.964. The summed E-state index contributed by atoms with van der Waals surface area (Å²) >= 11 is 2.23. The summed E-state index contributed by atoms with van der Waals surface area (Å²) in [5.74, 6) is -1.03. The highest BCUT2D eigenvalue weighted by atomic mass is 127. The molecule has 0 bridgehead atoms. The molecule has 1 aromatic rings. The molecule has 5 heteroatoms. The largest absolute Gasteiger partial charge is 0.480 e. The van der Waals surface area contributed by atoms with Crippen molar-refractivity contribution in [3.8, 4) is 0 Å². The minimum absolute atomic E-state index is 0.0661. The lowest BCUT2D eigenvalue weighted by Gasteiger charge is -2.21. The molecule has 0 radical (unpaired) electrons. The van der Waals surface area contributed by atoms with Gasteiger partial charge in [-0.25, -0.2) is 0 Å². The molecular weight excluding hydrogens is 513 g/mol. The van der Waals surface area contributed by atoms with Crippen LogP contribution in [0.2, 0.25) is 0 Å². The fourth-order valence-electron chi connectivity index (χ4n) is 3.71. The monoisotopic (exact) mass is 555 g/mol. The van der Waals surface area contributed by atoms with Gasteiger partial charge in [0.1, 0.15) is 6.54 Å². The van der Waals surface area contributed by atoms with Gasteiger partial charge in [-0.2, -0.15) is 0 Å². The van der Waals surface area contributed by atoms with Crippen LogP contribution in [0, 0.1) is 3.57 Å². The van der Waals surface area contributed by atoms with Crippen molar-refractivity contribution in [3.05, 3.63) is 45.6 Å². The topological polar surface area (TPSA) is 57.6 Å². The standard InChI is InChI=1S/C27H42INO3/c1-2-3-4-5-6-7-8-9-10-11-12-13-14-15-16-17-26(30)29(23-27(31)32)22-24-18-20-25(28)21-19-24/h9-10,18-21H,2-8,11-17,22-23H2,1H3,(H,31,32). The van der Waals surface area contributed by atoms with Crippen LogP contribution in [-0.4, -0.2) is 28.4 Å². The Labute approximate surface area is 209 Å². The van der Waals surface area contributed by atoms with Crippen molar-refractivity contribution < 1.29 is 14.7 Å². The first-order valence-corrected chi connectivity index (χ1v) is 13.5. The molecular formula is C27H42INO3. The van der Waals surface area contributed by atoms with E-state index in [0.29, 0.717) is 13.0 Å². The van der Waals surface area contributed by atoms with Gasteiger partial charge in [-0.15, -0.1) is 0 Å². The Kier molecular flexibility index (Phi) is 17.1. The van der Waals surface area contributed by atoms with E-state index >= 15 is 0 Å². The van der Waals surface area contributed by atoms with E-state index in [1.165, 1.54) is 62.7 Å². The number of hydrogen-bond acceptors (Lipinski definition) is 2. The van der Waals surface area contributed by atoms with Crippen molar-refractivity contribution in [2.45, 2.75) is 103 Å². The van der Waals surface area contributed by atoms with Crippen LogP contribution in [0.25, 0.3) is 0 Å². The average Bonchev–Trinajstić information content (AvgIpc) is 2.77. The van der Waals surface area contributed by atoms with E-state index in [2.05, 4.69) is 41.7 Å². The van der Waals surface area contributed by atoms with Crippen molar-refractivity contribution in [2.24, 2.45) is 0 Å². The second kappa shape index (κ2) is 19.1. The molecule has 0 aromatic heterocycles. The number of amides is 1. The molecule has 0 aliphatic rings. The van der Waals surface area contributed by atoms with Crippen LogP contribution < -0.4 is 0 Å².